The van der Waals surface area contributed by atoms with Gasteiger partial charge in [-0.05, 0) is 18.1 Å². The highest BCUT2D eigenvalue weighted by Crippen LogP contribution is 2.30. The summed E-state index contributed by atoms with van der Waals surface area (Å²) in [6, 6.07) is 3.84. The molecule has 0 amide bonds. The molecule has 0 saturated heterocycles. The summed E-state index contributed by atoms with van der Waals surface area (Å²) in [7, 11) is 3.90. The van der Waals surface area contributed by atoms with Crippen LogP contribution in [0.15, 0.2) is 22.8 Å². The fraction of sp³-hybridized carbons (Fsp3) is 0.462. The Morgan fingerprint density at radius 3 is 2.72 bits per heavy atom. The maximum atomic E-state index is 6.18. The van der Waals surface area contributed by atoms with E-state index in [2.05, 4.69) is 18.9 Å². The van der Waals surface area contributed by atoms with E-state index in [1.165, 1.54) is 0 Å². The molecule has 18 heavy (non-hydrogen) atoms. The fourth-order valence-electron chi connectivity index (χ4n) is 2.14. The summed E-state index contributed by atoms with van der Waals surface area (Å²) in [5.74, 6) is 2.15. The van der Waals surface area contributed by atoms with Crippen molar-refractivity contribution < 1.29 is 4.42 Å². The van der Waals surface area contributed by atoms with E-state index in [0.29, 0.717) is 12.5 Å². The zero-order valence-electron chi connectivity index (χ0n) is 11.3. The molecule has 0 bridgehead atoms. The predicted molar refractivity (Wildman–Crippen MR) is 72.5 cm³/mol. The Hall–Kier alpha value is -1.91. The Labute approximate surface area is 107 Å². The van der Waals surface area contributed by atoms with Gasteiger partial charge in [-0.1, -0.05) is 13.8 Å². The average Bonchev–Trinajstić information content (AvgIpc) is 2.86. The number of aryl methyl sites for hydroxylation is 1. The molecule has 98 valence electrons. The first-order valence-electron chi connectivity index (χ1n) is 6.06. The van der Waals surface area contributed by atoms with Gasteiger partial charge < -0.3 is 15.1 Å². The van der Waals surface area contributed by atoms with Crippen LogP contribution >= 0.6 is 0 Å². The van der Waals surface area contributed by atoms with Crippen molar-refractivity contribution in [3.63, 3.8) is 0 Å². The molecule has 5 heteroatoms. The molecule has 0 aliphatic heterocycles. The van der Waals surface area contributed by atoms with Gasteiger partial charge >= 0.3 is 0 Å². The third-order valence-corrected chi connectivity index (χ3v) is 2.96. The Kier molecular flexibility index (Phi) is 3.32. The lowest BCUT2D eigenvalue weighted by atomic mass is 10.1. The SMILES string of the molecule is CC(C)c1nn(C)c(N(C)Cc2ccco2)c1N. The second-order valence-corrected chi connectivity index (χ2v) is 4.84. The van der Waals surface area contributed by atoms with Crippen molar-refractivity contribution in [2.75, 3.05) is 17.7 Å². The van der Waals surface area contributed by atoms with Crippen LogP contribution in [0.3, 0.4) is 0 Å². The number of nitrogens with two attached hydrogens (primary N) is 1. The first-order valence-corrected chi connectivity index (χ1v) is 6.06. The number of rotatable bonds is 4. The highest BCUT2D eigenvalue weighted by Gasteiger charge is 2.19. The highest BCUT2D eigenvalue weighted by atomic mass is 16.3. The van der Waals surface area contributed by atoms with Crippen molar-refractivity contribution >= 4 is 11.5 Å². The lowest BCUT2D eigenvalue weighted by Gasteiger charge is -2.18. The topological polar surface area (TPSA) is 60.2 Å². The normalized spacial score (nSPS) is 11.2. The van der Waals surface area contributed by atoms with Gasteiger partial charge in [-0.25, -0.2) is 0 Å². The number of nitrogen functional groups attached to an aromatic ring is 1. The van der Waals surface area contributed by atoms with E-state index in [-0.39, 0.29) is 0 Å². The van der Waals surface area contributed by atoms with Gasteiger partial charge in [-0.2, -0.15) is 5.10 Å². The molecule has 0 aliphatic carbocycles. The Bertz CT molecular complexity index is 513. The van der Waals surface area contributed by atoms with Gasteiger partial charge in [0.1, 0.15) is 5.76 Å². The maximum absolute atomic E-state index is 6.18. The molecular formula is C13H20N4O. The Balaban J connectivity index is 2.27. The van der Waals surface area contributed by atoms with Gasteiger partial charge in [-0.3, -0.25) is 4.68 Å². The first-order chi connectivity index (χ1) is 8.50. The molecule has 0 aromatic carbocycles. The van der Waals surface area contributed by atoms with Crippen LogP contribution in [0.5, 0.6) is 0 Å². The van der Waals surface area contributed by atoms with Gasteiger partial charge in [0.2, 0.25) is 0 Å². The summed E-state index contributed by atoms with van der Waals surface area (Å²) in [5, 5.41) is 4.48. The van der Waals surface area contributed by atoms with Crippen LogP contribution < -0.4 is 10.6 Å². The minimum atomic E-state index is 0.321. The Morgan fingerprint density at radius 2 is 2.22 bits per heavy atom. The van der Waals surface area contributed by atoms with E-state index in [1.807, 2.05) is 35.8 Å². The maximum Gasteiger partial charge on any atom is 0.150 e. The number of aromatic nitrogens is 2. The number of hydrogen-bond donors (Lipinski definition) is 1. The van der Waals surface area contributed by atoms with Gasteiger partial charge in [0, 0.05) is 14.1 Å². The third-order valence-electron chi connectivity index (χ3n) is 2.96. The lowest BCUT2D eigenvalue weighted by molar-refractivity contribution is 0.505. The smallest absolute Gasteiger partial charge is 0.150 e. The van der Waals surface area contributed by atoms with Gasteiger partial charge in [0.25, 0.3) is 0 Å². The monoisotopic (exact) mass is 248 g/mol. The lowest BCUT2D eigenvalue weighted by Crippen LogP contribution is -2.20. The van der Waals surface area contributed by atoms with E-state index in [1.54, 1.807) is 6.26 Å². The molecule has 0 aliphatic rings. The molecule has 5 nitrogen and oxygen atoms in total. The number of hydrogen-bond acceptors (Lipinski definition) is 4. The molecule has 2 aromatic heterocycles. The van der Waals surface area contributed by atoms with Crippen LogP contribution in [-0.2, 0) is 13.6 Å². The first kappa shape index (κ1) is 12.5. The van der Waals surface area contributed by atoms with E-state index >= 15 is 0 Å². The molecule has 0 fully saturated rings. The summed E-state index contributed by atoms with van der Waals surface area (Å²) >= 11 is 0. The van der Waals surface area contributed by atoms with Crippen LogP contribution in [0.25, 0.3) is 0 Å². The van der Waals surface area contributed by atoms with Crippen molar-refractivity contribution in [3.8, 4) is 0 Å². The van der Waals surface area contributed by atoms with Crippen molar-refractivity contribution in [2.45, 2.75) is 26.3 Å². The third kappa shape index (κ3) is 2.20. The largest absolute Gasteiger partial charge is 0.467 e. The van der Waals surface area contributed by atoms with Crippen LogP contribution in [0, 0.1) is 0 Å². The zero-order chi connectivity index (χ0) is 13.3. The van der Waals surface area contributed by atoms with E-state index in [0.717, 1.165) is 23.0 Å². The van der Waals surface area contributed by atoms with Crippen molar-refractivity contribution in [2.24, 2.45) is 7.05 Å². The average molecular weight is 248 g/mol. The Morgan fingerprint density at radius 1 is 1.50 bits per heavy atom. The van der Waals surface area contributed by atoms with Crippen molar-refractivity contribution in [1.82, 2.24) is 9.78 Å². The molecule has 0 spiro atoms. The van der Waals surface area contributed by atoms with E-state index in [9.17, 15) is 0 Å². The minimum absolute atomic E-state index is 0.321. The summed E-state index contributed by atoms with van der Waals surface area (Å²) < 4.78 is 7.17. The summed E-state index contributed by atoms with van der Waals surface area (Å²) in [6.07, 6.45) is 1.68. The molecule has 2 aromatic rings. The van der Waals surface area contributed by atoms with Crippen molar-refractivity contribution in [1.29, 1.82) is 0 Å². The standard InChI is InChI=1S/C13H20N4O/c1-9(2)12-11(14)13(17(4)15-12)16(3)8-10-6-5-7-18-10/h5-7,9H,8,14H2,1-4H3. The number of nitrogens with zero attached hydrogens (tertiary/aromatic N) is 3. The molecule has 2 N–H and O–H groups in total. The van der Waals surface area contributed by atoms with Gasteiger partial charge in [-0.15, -0.1) is 0 Å². The molecule has 2 rings (SSSR count). The molecule has 0 radical (unpaired) electrons. The van der Waals surface area contributed by atoms with Crippen LogP contribution in [-0.4, -0.2) is 16.8 Å². The molecule has 0 atom stereocenters. The van der Waals surface area contributed by atoms with Crippen molar-refractivity contribution in [3.05, 3.63) is 29.9 Å². The predicted octanol–water partition coefficient (Wildman–Crippen LogP) is 2.36. The van der Waals surface area contributed by atoms with Gasteiger partial charge in [0.05, 0.1) is 24.2 Å². The van der Waals surface area contributed by atoms with Crippen LogP contribution in [0.2, 0.25) is 0 Å². The summed E-state index contributed by atoms with van der Waals surface area (Å²) in [4.78, 5) is 2.05. The summed E-state index contributed by atoms with van der Waals surface area (Å²) in [5.41, 5.74) is 7.87. The fourth-order valence-corrected chi connectivity index (χ4v) is 2.14. The van der Waals surface area contributed by atoms with E-state index < -0.39 is 0 Å². The van der Waals surface area contributed by atoms with Crippen LogP contribution in [0.4, 0.5) is 11.5 Å². The highest BCUT2D eigenvalue weighted by molar-refractivity contribution is 5.66. The number of furan rings is 1. The zero-order valence-corrected chi connectivity index (χ0v) is 11.3. The van der Waals surface area contributed by atoms with Gasteiger partial charge in [0.15, 0.2) is 5.82 Å². The second kappa shape index (κ2) is 4.76. The van der Waals surface area contributed by atoms with E-state index in [4.69, 9.17) is 10.2 Å². The summed E-state index contributed by atoms with van der Waals surface area (Å²) in [6.45, 7) is 4.86. The molecule has 0 unspecified atom stereocenters. The molecular weight excluding hydrogens is 228 g/mol. The molecule has 2 heterocycles. The second-order valence-electron chi connectivity index (χ2n) is 4.84. The van der Waals surface area contributed by atoms with Crippen LogP contribution in [0.1, 0.15) is 31.2 Å². The minimum Gasteiger partial charge on any atom is -0.467 e. The number of anilines is 2. The quantitative estimate of drug-likeness (QED) is 0.902. The molecule has 0 saturated carbocycles.